The van der Waals surface area contributed by atoms with Crippen molar-refractivity contribution in [3.63, 3.8) is 0 Å². The van der Waals surface area contributed by atoms with Crippen molar-refractivity contribution in [2.24, 2.45) is 0 Å². The van der Waals surface area contributed by atoms with Gasteiger partial charge in [-0.1, -0.05) is 103 Å². The Morgan fingerprint density at radius 1 is 0.659 bits per heavy atom. The van der Waals surface area contributed by atoms with Crippen LogP contribution < -0.4 is 5.32 Å². The largest absolute Gasteiger partial charge is 0.447 e. The van der Waals surface area contributed by atoms with Crippen molar-refractivity contribution in [1.82, 2.24) is 20.0 Å². The third-order valence-electron chi connectivity index (χ3n) is 7.03. The molecule has 0 aromatic heterocycles. The number of hydrogen-bond acceptors (Lipinski definition) is 7. The Kier molecular flexibility index (Phi) is 25.5. The molecule has 0 heterocycles. The van der Waals surface area contributed by atoms with Gasteiger partial charge in [0.15, 0.2) is 0 Å². The second-order valence-corrected chi connectivity index (χ2v) is 11.4. The monoisotopic (exact) mass is 586 g/mol. The number of likely N-dealkylation sites (N-methyl/N-ethyl adjacent to an activating group) is 1. The van der Waals surface area contributed by atoms with E-state index in [0.717, 1.165) is 17.7 Å². The number of alkyl carbamates (subject to hydrolysis) is 1. The zero-order valence-corrected chi connectivity index (χ0v) is 27.2. The Balaban J connectivity index is 3.84. The number of nitrogens with one attached hydrogen (secondary N) is 1. The maximum Gasteiger partial charge on any atom is 0.418 e. The number of carbonyl (C=O) groups excluding carboxylic acids is 3. The average Bonchev–Trinajstić information content (AvgIpc) is 2.94. The molecule has 1 unspecified atom stereocenters. The molecule has 1 atom stereocenters. The second kappa shape index (κ2) is 26.8. The maximum atomic E-state index is 12.5. The molecule has 10 nitrogen and oxygen atoms in total. The first-order valence-electron chi connectivity index (χ1n) is 16.0. The minimum absolute atomic E-state index is 0.0616. The topological polar surface area (TPSA) is 101 Å². The summed E-state index contributed by atoms with van der Waals surface area (Å²) in [6, 6.07) is -0.462. The minimum atomic E-state index is -0.763. The van der Waals surface area contributed by atoms with Crippen LogP contribution in [0.25, 0.3) is 0 Å². The van der Waals surface area contributed by atoms with Crippen LogP contribution in [0.15, 0.2) is 0 Å². The summed E-state index contributed by atoms with van der Waals surface area (Å²) in [5, 5.41) is 2.76. The number of amides is 4. The maximum absolute atomic E-state index is 12.5. The number of carbonyl (C=O) groups is 3. The summed E-state index contributed by atoms with van der Waals surface area (Å²) in [4.78, 5) is 41.1. The van der Waals surface area contributed by atoms with Crippen LogP contribution in [0.5, 0.6) is 0 Å². The summed E-state index contributed by atoms with van der Waals surface area (Å²) in [6.45, 7) is 3.33. The van der Waals surface area contributed by atoms with Gasteiger partial charge < -0.3 is 29.3 Å². The minimum Gasteiger partial charge on any atom is -0.447 e. The lowest BCUT2D eigenvalue weighted by atomic mass is 10.0. The Hall–Kier alpha value is -2.07. The van der Waals surface area contributed by atoms with Crippen molar-refractivity contribution in [2.45, 2.75) is 116 Å². The second-order valence-electron chi connectivity index (χ2n) is 11.4. The number of rotatable bonds is 25. The summed E-state index contributed by atoms with van der Waals surface area (Å²) in [7, 11) is 8.30. The van der Waals surface area contributed by atoms with E-state index in [1.54, 1.807) is 14.1 Å². The summed E-state index contributed by atoms with van der Waals surface area (Å²) < 4.78 is 15.8. The van der Waals surface area contributed by atoms with Gasteiger partial charge in [-0.3, -0.25) is 0 Å². The van der Waals surface area contributed by atoms with Gasteiger partial charge in [-0.2, -0.15) is 0 Å². The fraction of sp³-hybridized carbons (Fsp3) is 0.903. The van der Waals surface area contributed by atoms with Gasteiger partial charge in [0.1, 0.15) is 19.3 Å². The molecule has 0 aromatic carbocycles. The Labute approximate surface area is 250 Å². The molecule has 0 saturated heterocycles. The summed E-state index contributed by atoms with van der Waals surface area (Å²) in [5.41, 5.74) is 0. The van der Waals surface area contributed by atoms with E-state index in [2.05, 4.69) is 12.2 Å². The molecule has 4 amide bonds. The van der Waals surface area contributed by atoms with Crippen LogP contribution >= 0.6 is 0 Å². The van der Waals surface area contributed by atoms with Crippen LogP contribution in [0.3, 0.4) is 0 Å². The highest BCUT2D eigenvalue weighted by Gasteiger charge is 2.25. The van der Waals surface area contributed by atoms with E-state index < -0.39 is 24.3 Å². The fourth-order valence-electron chi connectivity index (χ4n) is 4.32. The van der Waals surface area contributed by atoms with Gasteiger partial charge in [0, 0.05) is 40.8 Å². The molecule has 242 valence electrons. The zero-order chi connectivity index (χ0) is 30.7. The molecule has 0 saturated carbocycles. The summed E-state index contributed by atoms with van der Waals surface area (Å²) in [6.07, 6.45) is 19.0. The number of unbranched alkanes of at least 4 members (excludes halogenated alkanes) is 15. The van der Waals surface area contributed by atoms with Gasteiger partial charge >= 0.3 is 18.2 Å². The van der Waals surface area contributed by atoms with Crippen LogP contribution in [0.2, 0.25) is 0 Å². The first kappa shape index (κ1) is 38.9. The quantitative estimate of drug-likeness (QED) is 0.119. The van der Waals surface area contributed by atoms with Crippen LogP contribution in [0.1, 0.15) is 110 Å². The highest BCUT2D eigenvalue weighted by molar-refractivity contribution is 5.90. The smallest absolute Gasteiger partial charge is 0.418 e. The summed E-state index contributed by atoms with van der Waals surface area (Å²) in [5.74, 6) is 0. The standard InChI is InChI=1S/C31H62N4O6/c1-7-8-9-10-11-12-13-14-15-16-17-18-19-20-21-22-23-32-29(36)40-26-28(39-6)27-41-31(38)35(25-24-33(2)3)30(37)34(4)5/h28H,7-27H2,1-6H3,(H,32,36). The molecular formula is C31H62N4O6. The fourth-order valence-corrected chi connectivity index (χ4v) is 4.32. The van der Waals surface area contributed by atoms with Gasteiger partial charge in [0.2, 0.25) is 0 Å². The molecule has 0 fully saturated rings. The molecule has 0 radical (unpaired) electrons. The molecule has 0 aliphatic rings. The van der Waals surface area contributed by atoms with E-state index >= 15 is 0 Å². The SMILES string of the molecule is CCCCCCCCCCCCCCCCCCNC(=O)OCC(COC(=O)N(CCN(C)C)C(=O)N(C)C)OC. The van der Waals surface area contributed by atoms with Crippen LogP contribution in [-0.4, -0.2) is 107 Å². The van der Waals surface area contributed by atoms with Crippen molar-refractivity contribution >= 4 is 18.2 Å². The highest BCUT2D eigenvalue weighted by Crippen LogP contribution is 2.13. The normalized spacial score (nSPS) is 11.8. The van der Waals surface area contributed by atoms with Crippen LogP contribution in [0.4, 0.5) is 14.4 Å². The molecule has 0 aliphatic carbocycles. The Morgan fingerprint density at radius 2 is 1.12 bits per heavy atom. The van der Waals surface area contributed by atoms with E-state index in [1.807, 2.05) is 19.0 Å². The number of nitrogens with zero attached hydrogens (tertiary/aromatic N) is 3. The van der Waals surface area contributed by atoms with E-state index in [-0.39, 0.29) is 19.8 Å². The van der Waals surface area contributed by atoms with Crippen molar-refractivity contribution in [3.05, 3.63) is 0 Å². The molecule has 1 N–H and O–H groups in total. The molecule has 0 bridgehead atoms. The van der Waals surface area contributed by atoms with Crippen LogP contribution in [-0.2, 0) is 14.2 Å². The van der Waals surface area contributed by atoms with Crippen LogP contribution in [0, 0.1) is 0 Å². The highest BCUT2D eigenvalue weighted by atomic mass is 16.6. The van der Waals surface area contributed by atoms with Crippen molar-refractivity contribution < 1.29 is 28.6 Å². The van der Waals surface area contributed by atoms with Gasteiger partial charge in [-0.05, 0) is 20.5 Å². The number of urea groups is 1. The number of imide groups is 1. The van der Waals surface area contributed by atoms with Gasteiger partial charge in [-0.25, -0.2) is 19.3 Å². The molecule has 10 heteroatoms. The third-order valence-corrected chi connectivity index (χ3v) is 7.03. The zero-order valence-electron chi connectivity index (χ0n) is 27.2. The van der Waals surface area contributed by atoms with E-state index in [1.165, 1.54) is 102 Å². The lowest BCUT2D eigenvalue weighted by Gasteiger charge is -2.25. The first-order chi connectivity index (χ1) is 19.7. The summed E-state index contributed by atoms with van der Waals surface area (Å²) >= 11 is 0. The van der Waals surface area contributed by atoms with Gasteiger partial charge in [-0.15, -0.1) is 0 Å². The molecule has 0 rings (SSSR count). The van der Waals surface area contributed by atoms with Crippen molar-refractivity contribution in [1.29, 1.82) is 0 Å². The lowest BCUT2D eigenvalue weighted by molar-refractivity contribution is -0.00982. The Bertz CT molecular complexity index is 663. The van der Waals surface area contributed by atoms with Crippen molar-refractivity contribution in [2.75, 3.05) is 68.1 Å². The number of hydrogen-bond donors (Lipinski definition) is 1. The molecule has 0 spiro atoms. The van der Waals surface area contributed by atoms with Gasteiger partial charge in [0.05, 0.1) is 0 Å². The Morgan fingerprint density at radius 3 is 1.56 bits per heavy atom. The van der Waals surface area contributed by atoms with Crippen molar-refractivity contribution in [3.8, 4) is 0 Å². The lowest BCUT2D eigenvalue weighted by Crippen LogP contribution is -2.47. The molecular weight excluding hydrogens is 524 g/mol. The van der Waals surface area contributed by atoms with Gasteiger partial charge in [0.25, 0.3) is 0 Å². The number of methoxy groups -OCH3 is 1. The molecule has 0 aromatic rings. The molecule has 41 heavy (non-hydrogen) atoms. The predicted octanol–water partition coefficient (Wildman–Crippen LogP) is 6.67. The predicted molar refractivity (Wildman–Crippen MR) is 165 cm³/mol. The first-order valence-corrected chi connectivity index (χ1v) is 16.0. The van der Waals surface area contributed by atoms with E-state index in [0.29, 0.717) is 13.1 Å². The molecule has 0 aliphatic heterocycles. The average molecular weight is 587 g/mol. The third kappa shape index (κ3) is 23.2. The van der Waals surface area contributed by atoms with E-state index in [9.17, 15) is 14.4 Å². The van der Waals surface area contributed by atoms with E-state index in [4.69, 9.17) is 14.2 Å². The number of ether oxygens (including phenoxy) is 3.